The number of anilines is 1. The van der Waals surface area contributed by atoms with E-state index in [1.54, 1.807) is 12.1 Å². The fourth-order valence-corrected chi connectivity index (χ4v) is 5.78. The number of aliphatic hydroxyl groups is 1. The van der Waals surface area contributed by atoms with Crippen molar-refractivity contribution in [1.29, 1.82) is 0 Å². The molecular weight excluding hydrogens is 550 g/mol. The lowest BCUT2D eigenvalue weighted by Crippen LogP contribution is -2.30. The van der Waals surface area contributed by atoms with E-state index in [9.17, 15) is 9.90 Å². The molecule has 0 saturated carbocycles. The van der Waals surface area contributed by atoms with E-state index < -0.39 is 0 Å². The van der Waals surface area contributed by atoms with Gasteiger partial charge in [-0.2, -0.15) is 5.10 Å². The van der Waals surface area contributed by atoms with E-state index in [0.717, 1.165) is 11.1 Å². The van der Waals surface area contributed by atoms with Crippen LogP contribution >= 0.6 is 46.4 Å². The van der Waals surface area contributed by atoms with E-state index in [1.165, 1.54) is 0 Å². The second-order valence-corrected chi connectivity index (χ2v) is 11.3. The highest BCUT2D eigenvalue weighted by Gasteiger charge is 2.41. The molecule has 4 rings (SSSR count). The van der Waals surface area contributed by atoms with E-state index in [2.05, 4.69) is 0 Å². The molecule has 194 valence electrons. The zero-order valence-electron chi connectivity index (χ0n) is 20.5. The standard InChI is InChI=1S/C29H28Cl4N2O2/c1-17(12-20(16-36)13-19-4-3-5-23(31)14-19)29(37)27-18(2)28(21-6-8-22(30)9-7-21)35(34-27)26-11-10-24(32)15-25(26)33/h3-11,14-15,17-18,20,28,36H,12-13,16H2,1-2H3. The lowest BCUT2D eigenvalue weighted by molar-refractivity contribution is -0.116. The SMILES string of the molecule is CC(CC(CO)Cc1cccc(Cl)c1)C(=O)C1=NN(c2ccc(Cl)cc2Cl)C(c2ccc(Cl)cc2)C1C. The molecule has 37 heavy (non-hydrogen) atoms. The van der Waals surface area contributed by atoms with Gasteiger partial charge in [-0.05, 0) is 72.4 Å². The smallest absolute Gasteiger partial charge is 0.182 e. The van der Waals surface area contributed by atoms with Crippen LogP contribution < -0.4 is 5.01 Å². The Kier molecular flexibility index (Phi) is 9.20. The van der Waals surface area contributed by atoms with Crippen molar-refractivity contribution in [3.8, 4) is 0 Å². The van der Waals surface area contributed by atoms with Crippen molar-refractivity contribution in [2.24, 2.45) is 22.9 Å². The Balaban J connectivity index is 1.60. The van der Waals surface area contributed by atoms with Crippen molar-refractivity contribution in [2.75, 3.05) is 11.6 Å². The molecule has 0 aliphatic carbocycles. The molecule has 1 heterocycles. The summed E-state index contributed by atoms with van der Waals surface area (Å²) in [6.45, 7) is 3.88. The first-order valence-electron chi connectivity index (χ1n) is 12.2. The lowest BCUT2D eigenvalue weighted by Gasteiger charge is -2.28. The molecule has 0 bridgehead atoms. The van der Waals surface area contributed by atoms with Gasteiger partial charge in [-0.3, -0.25) is 9.80 Å². The fourth-order valence-electron chi connectivity index (χ4n) is 4.94. The number of nitrogens with zero attached hydrogens (tertiary/aromatic N) is 2. The highest BCUT2D eigenvalue weighted by Crippen LogP contribution is 2.43. The quantitative estimate of drug-likeness (QED) is 0.278. The van der Waals surface area contributed by atoms with Gasteiger partial charge >= 0.3 is 0 Å². The second kappa shape index (κ2) is 12.2. The van der Waals surface area contributed by atoms with Crippen molar-refractivity contribution < 1.29 is 9.90 Å². The van der Waals surface area contributed by atoms with Crippen LogP contribution in [0.4, 0.5) is 5.69 Å². The molecule has 1 aliphatic rings. The Morgan fingerprint density at radius 1 is 0.973 bits per heavy atom. The molecule has 0 radical (unpaired) electrons. The molecule has 1 aliphatic heterocycles. The number of hydrogen-bond acceptors (Lipinski definition) is 4. The molecule has 1 N–H and O–H groups in total. The van der Waals surface area contributed by atoms with Crippen molar-refractivity contribution >= 4 is 63.6 Å². The molecule has 0 saturated heterocycles. The summed E-state index contributed by atoms with van der Waals surface area (Å²) in [6.07, 6.45) is 1.16. The number of carbonyl (C=O) groups is 1. The predicted octanol–water partition coefficient (Wildman–Crippen LogP) is 8.30. The average molecular weight is 578 g/mol. The fraction of sp³-hybridized carbons (Fsp3) is 0.310. The normalized spacial score (nSPS) is 19.0. The summed E-state index contributed by atoms with van der Waals surface area (Å²) < 4.78 is 0. The number of aliphatic hydroxyl groups excluding tert-OH is 1. The monoisotopic (exact) mass is 576 g/mol. The first-order valence-corrected chi connectivity index (χ1v) is 13.7. The summed E-state index contributed by atoms with van der Waals surface area (Å²) in [4.78, 5) is 13.7. The minimum Gasteiger partial charge on any atom is -0.396 e. The van der Waals surface area contributed by atoms with Crippen molar-refractivity contribution in [3.63, 3.8) is 0 Å². The minimum absolute atomic E-state index is 0.0218. The molecule has 0 aromatic heterocycles. The van der Waals surface area contributed by atoms with Crippen LogP contribution in [-0.2, 0) is 11.2 Å². The highest BCUT2D eigenvalue weighted by atomic mass is 35.5. The maximum Gasteiger partial charge on any atom is 0.182 e. The van der Waals surface area contributed by atoms with Gasteiger partial charge in [0.2, 0.25) is 0 Å². The number of hydrazone groups is 1. The van der Waals surface area contributed by atoms with E-state index in [-0.39, 0.29) is 36.2 Å². The Hall–Kier alpha value is -2.08. The van der Waals surface area contributed by atoms with Crippen molar-refractivity contribution in [2.45, 2.75) is 32.7 Å². The van der Waals surface area contributed by atoms with Crippen LogP contribution in [0.25, 0.3) is 0 Å². The zero-order valence-corrected chi connectivity index (χ0v) is 23.6. The van der Waals surface area contributed by atoms with Crippen LogP contribution in [0, 0.1) is 17.8 Å². The number of halogens is 4. The Morgan fingerprint density at radius 3 is 2.30 bits per heavy atom. The van der Waals surface area contributed by atoms with E-state index in [1.807, 2.05) is 73.5 Å². The molecule has 0 fully saturated rings. The van der Waals surface area contributed by atoms with Crippen molar-refractivity contribution in [1.82, 2.24) is 0 Å². The van der Waals surface area contributed by atoms with Gasteiger partial charge in [0, 0.05) is 33.5 Å². The maximum absolute atomic E-state index is 13.7. The van der Waals surface area contributed by atoms with Crippen LogP contribution in [0.2, 0.25) is 20.1 Å². The first-order chi connectivity index (χ1) is 17.7. The van der Waals surface area contributed by atoms with Gasteiger partial charge in [0.25, 0.3) is 0 Å². The molecular formula is C29H28Cl4N2O2. The number of carbonyl (C=O) groups excluding carboxylic acids is 1. The largest absolute Gasteiger partial charge is 0.396 e. The van der Waals surface area contributed by atoms with E-state index in [4.69, 9.17) is 51.5 Å². The predicted molar refractivity (Wildman–Crippen MR) is 154 cm³/mol. The maximum atomic E-state index is 13.7. The van der Waals surface area contributed by atoms with Gasteiger partial charge in [0.15, 0.2) is 5.78 Å². The number of ketones is 1. The molecule has 3 aromatic carbocycles. The van der Waals surface area contributed by atoms with Gasteiger partial charge in [-0.25, -0.2) is 0 Å². The number of hydrogen-bond donors (Lipinski definition) is 1. The molecule has 4 unspecified atom stereocenters. The summed E-state index contributed by atoms with van der Waals surface area (Å²) in [6, 6.07) is 20.1. The molecule has 0 spiro atoms. The number of benzene rings is 3. The Labute approximate surface area is 237 Å². The molecule has 4 atom stereocenters. The van der Waals surface area contributed by atoms with Gasteiger partial charge in [0.05, 0.1) is 16.8 Å². The molecule has 4 nitrogen and oxygen atoms in total. The summed E-state index contributed by atoms with van der Waals surface area (Å²) in [5.41, 5.74) is 3.15. The van der Waals surface area contributed by atoms with Crippen molar-refractivity contribution in [3.05, 3.63) is 97.9 Å². The zero-order chi connectivity index (χ0) is 26.7. The lowest BCUT2D eigenvalue weighted by atomic mass is 9.83. The summed E-state index contributed by atoms with van der Waals surface area (Å²) >= 11 is 25.0. The second-order valence-electron chi connectivity index (χ2n) is 9.59. The number of rotatable bonds is 9. The van der Waals surface area contributed by atoms with Gasteiger partial charge in [0.1, 0.15) is 5.71 Å². The third kappa shape index (κ3) is 6.50. The highest BCUT2D eigenvalue weighted by molar-refractivity contribution is 6.42. The van der Waals surface area contributed by atoms with Crippen LogP contribution in [-0.4, -0.2) is 23.2 Å². The number of Topliss-reactive ketones (excluding diaryl/α,β-unsaturated/α-hetero) is 1. The first kappa shape index (κ1) is 27.9. The minimum atomic E-state index is -0.330. The summed E-state index contributed by atoms with van der Waals surface area (Å²) in [7, 11) is 0. The van der Waals surface area contributed by atoms with Gasteiger partial charge < -0.3 is 5.11 Å². The third-order valence-electron chi connectivity index (χ3n) is 6.81. The van der Waals surface area contributed by atoms with Crippen LogP contribution in [0.3, 0.4) is 0 Å². The molecule has 0 amide bonds. The van der Waals surface area contributed by atoms with Crippen LogP contribution in [0.1, 0.15) is 37.4 Å². The topological polar surface area (TPSA) is 52.9 Å². The average Bonchev–Trinajstić information content (AvgIpc) is 3.20. The third-order valence-corrected chi connectivity index (χ3v) is 7.84. The van der Waals surface area contributed by atoms with Gasteiger partial charge in [-0.1, -0.05) is 84.5 Å². The summed E-state index contributed by atoms with van der Waals surface area (Å²) in [5.74, 6) is -0.653. The van der Waals surface area contributed by atoms with Crippen LogP contribution in [0.15, 0.2) is 71.8 Å². The van der Waals surface area contributed by atoms with E-state index >= 15 is 0 Å². The van der Waals surface area contributed by atoms with Crippen LogP contribution in [0.5, 0.6) is 0 Å². The van der Waals surface area contributed by atoms with E-state index in [0.29, 0.717) is 44.3 Å². The van der Waals surface area contributed by atoms with Gasteiger partial charge in [-0.15, -0.1) is 0 Å². The summed E-state index contributed by atoms with van der Waals surface area (Å²) in [5, 5.41) is 18.9. The Morgan fingerprint density at radius 2 is 1.65 bits per heavy atom. The molecule has 8 heteroatoms. The molecule has 3 aromatic rings. The Bertz CT molecular complexity index is 1300.